The van der Waals surface area contributed by atoms with E-state index in [1.807, 2.05) is 0 Å². The minimum atomic E-state index is -4.36. The molecule has 7 heteroatoms. The normalized spacial score (nSPS) is 11.6. The third-order valence-corrected chi connectivity index (χ3v) is 1.73. The van der Waals surface area contributed by atoms with Crippen LogP contribution in [0, 0.1) is 5.82 Å². The average molecular weight is 239 g/mol. The molecule has 90 valence electrons. The van der Waals surface area contributed by atoms with Crippen molar-refractivity contribution in [3.63, 3.8) is 0 Å². The largest absolute Gasteiger partial charge is 0.475 e. The zero-order valence-electron chi connectivity index (χ0n) is 8.09. The van der Waals surface area contributed by atoms with Crippen molar-refractivity contribution in [1.29, 1.82) is 0 Å². The molecule has 3 nitrogen and oxygen atoms in total. The van der Waals surface area contributed by atoms with Crippen molar-refractivity contribution in [3.05, 3.63) is 23.6 Å². The van der Waals surface area contributed by atoms with Crippen LogP contribution in [0.2, 0.25) is 0 Å². The van der Waals surface area contributed by atoms with Gasteiger partial charge in [0.1, 0.15) is 0 Å². The molecule has 0 saturated carbocycles. The van der Waals surface area contributed by atoms with Gasteiger partial charge in [-0.05, 0) is 6.07 Å². The van der Waals surface area contributed by atoms with Gasteiger partial charge in [0.05, 0.1) is 19.6 Å². The van der Waals surface area contributed by atoms with E-state index in [4.69, 9.17) is 5.11 Å². The fraction of sp³-hybridized carbons (Fsp3) is 0.444. The molecule has 0 radical (unpaired) electrons. The van der Waals surface area contributed by atoms with E-state index in [1.54, 1.807) is 0 Å². The van der Waals surface area contributed by atoms with Gasteiger partial charge in [-0.25, -0.2) is 9.37 Å². The summed E-state index contributed by atoms with van der Waals surface area (Å²) in [7, 11) is 0. The minimum Gasteiger partial charge on any atom is -0.475 e. The predicted octanol–water partition coefficient (Wildman–Crippen LogP) is 2.04. The van der Waals surface area contributed by atoms with Crippen LogP contribution in [0.25, 0.3) is 0 Å². The minimum absolute atomic E-state index is 0.0722. The van der Waals surface area contributed by atoms with E-state index in [0.29, 0.717) is 0 Å². The van der Waals surface area contributed by atoms with Gasteiger partial charge in [-0.3, -0.25) is 0 Å². The molecule has 1 heterocycles. The fourth-order valence-electron chi connectivity index (χ4n) is 0.948. The van der Waals surface area contributed by atoms with Gasteiger partial charge in [-0.2, -0.15) is 13.2 Å². The lowest BCUT2D eigenvalue weighted by atomic mass is 10.3. The maximum atomic E-state index is 13.3. The maximum absolute atomic E-state index is 13.3. The summed E-state index contributed by atoms with van der Waals surface area (Å²) in [5.74, 6) is -1.47. The fourth-order valence-corrected chi connectivity index (χ4v) is 0.948. The average Bonchev–Trinajstić information content (AvgIpc) is 2.19. The summed E-state index contributed by atoms with van der Waals surface area (Å²) in [4.78, 5) is 3.43. The molecular formula is C9H9F4NO2. The van der Waals surface area contributed by atoms with E-state index >= 15 is 0 Å². The number of halogens is 4. The molecule has 0 unspecified atom stereocenters. The first-order valence-electron chi connectivity index (χ1n) is 4.38. The quantitative estimate of drug-likeness (QED) is 0.817. The summed E-state index contributed by atoms with van der Waals surface area (Å²) in [6.07, 6.45) is -4.39. The van der Waals surface area contributed by atoms with Gasteiger partial charge in [0.2, 0.25) is 0 Å². The molecule has 0 aliphatic rings. The zero-order valence-corrected chi connectivity index (χ0v) is 8.09. The van der Waals surface area contributed by atoms with Crippen LogP contribution in [-0.2, 0) is 6.61 Å². The molecule has 0 spiro atoms. The van der Waals surface area contributed by atoms with Gasteiger partial charge in [0.25, 0.3) is 5.88 Å². The van der Waals surface area contributed by atoms with Crippen molar-refractivity contribution in [2.24, 2.45) is 0 Å². The van der Waals surface area contributed by atoms with Crippen molar-refractivity contribution in [1.82, 2.24) is 4.98 Å². The second-order valence-corrected chi connectivity index (χ2v) is 2.96. The third kappa shape index (κ3) is 3.65. The van der Waals surface area contributed by atoms with E-state index in [9.17, 15) is 17.6 Å². The molecule has 0 fully saturated rings. The molecule has 0 aliphatic heterocycles. The van der Waals surface area contributed by atoms with Crippen LogP contribution in [0.15, 0.2) is 12.3 Å². The molecule has 0 saturated heterocycles. The van der Waals surface area contributed by atoms with Crippen LogP contribution in [-0.4, -0.2) is 22.9 Å². The van der Waals surface area contributed by atoms with Crippen LogP contribution in [0.4, 0.5) is 17.6 Å². The van der Waals surface area contributed by atoms with Gasteiger partial charge in [-0.1, -0.05) is 0 Å². The van der Waals surface area contributed by atoms with E-state index in [-0.39, 0.29) is 5.56 Å². The molecule has 1 N–H and O–H groups in total. The van der Waals surface area contributed by atoms with Gasteiger partial charge in [-0.15, -0.1) is 0 Å². The van der Waals surface area contributed by atoms with E-state index in [1.165, 1.54) is 6.07 Å². The summed E-state index contributed by atoms with van der Waals surface area (Å²) in [5.41, 5.74) is -0.0722. The third-order valence-electron chi connectivity index (χ3n) is 1.73. The first-order chi connectivity index (χ1) is 7.44. The Labute approximate surface area is 88.7 Å². The highest BCUT2D eigenvalue weighted by Crippen LogP contribution is 2.21. The maximum Gasteiger partial charge on any atom is 0.392 e. The van der Waals surface area contributed by atoms with Crippen molar-refractivity contribution >= 4 is 0 Å². The first-order valence-corrected chi connectivity index (χ1v) is 4.38. The molecule has 0 aliphatic carbocycles. The Kier molecular flexibility index (Phi) is 4.05. The van der Waals surface area contributed by atoms with E-state index in [0.717, 1.165) is 6.20 Å². The lowest BCUT2D eigenvalue weighted by Gasteiger charge is -2.09. The molecular weight excluding hydrogens is 230 g/mol. The Morgan fingerprint density at radius 3 is 2.62 bits per heavy atom. The van der Waals surface area contributed by atoms with E-state index in [2.05, 4.69) is 9.72 Å². The summed E-state index contributed by atoms with van der Waals surface area (Å²) in [6.45, 7) is -1.27. The van der Waals surface area contributed by atoms with Gasteiger partial charge < -0.3 is 9.84 Å². The van der Waals surface area contributed by atoms with Crippen LogP contribution >= 0.6 is 0 Å². The SMILES string of the molecule is OCc1ccnc(OCCC(F)(F)F)c1F. The Bertz CT molecular complexity index is 354. The Balaban J connectivity index is 2.61. The van der Waals surface area contributed by atoms with Crippen molar-refractivity contribution in [2.75, 3.05) is 6.61 Å². The van der Waals surface area contributed by atoms with Gasteiger partial charge in [0.15, 0.2) is 5.82 Å². The van der Waals surface area contributed by atoms with Crippen LogP contribution < -0.4 is 4.74 Å². The topological polar surface area (TPSA) is 42.4 Å². The van der Waals surface area contributed by atoms with Crippen molar-refractivity contribution in [2.45, 2.75) is 19.2 Å². The summed E-state index contributed by atoms with van der Waals surface area (Å²) in [5, 5.41) is 8.69. The Hall–Kier alpha value is -1.37. The Morgan fingerprint density at radius 1 is 1.38 bits per heavy atom. The number of hydrogen-bond acceptors (Lipinski definition) is 3. The summed E-state index contributed by atoms with van der Waals surface area (Å²) >= 11 is 0. The van der Waals surface area contributed by atoms with Crippen LogP contribution in [0.1, 0.15) is 12.0 Å². The molecule has 1 aromatic rings. The number of aromatic nitrogens is 1. The highest BCUT2D eigenvalue weighted by molar-refractivity contribution is 5.22. The molecule has 0 atom stereocenters. The zero-order chi connectivity index (χ0) is 12.2. The molecule has 16 heavy (non-hydrogen) atoms. The Morgan fingerprint density at radius 2 is 2.06 bits per heavy atom. The van der Waals surface area contributed by atoms with Gasteiger partial charge >= 0.3 is 6.18 Å². The number of aliphatic hydroxyl groups excluding tert-OH is 1. The van der Waals surface area contributed by atoms with Crippen molar-refractivity contribution in [3.8, 4) is 5.88 Å². The number of rotatable bonds is 4. The lowest BCUT2D eigenvalue weighted by molar-refractivity contribution is -0.139. The highest BCUT2D eigenvalue weighted by Gasteiger charge is 2.27. The number of pyridine rings is 1. The van der Waals surface area contributed by atoms with Crippen molar-refractivity contribution < 1.29 is 27.4 Å². The smallest absolute Gasteiger partial charge is 0.392 e. The number of aliphatic hydroxyl groups is 1. The molecule has 0 bridgehead atoms. The van der Waals surface area contributed by atoms with Crippen LogP contribution in [0.3, 0.4) is 0 Å². The summed E-state index contributed by atoms with van der Waals surface area (Å²) < 4.78 is 53.1. The number of hydrogen-bond donors (Lipinski definition) is 1. The summed E-state index contributed by atoms with van der Waals surface area (Å²) in [6, 6.07) is 1.21. The molecule has 0 aromatic carbocycles. The molecule has 1 aromatic heterocycles. The molecule has 0 amide bonds. The van der Waals surface area contributed by atoms with Gasteiger partial charge in [0, 0.05) is 11.8 Å². The first kappa shape index (κ1) is 12.7. The predicted molar refractivity (Wildman–Crippen MR) is 46.3 cm³/mol. The van der Waals surface area contributed by atoms with E-state index < -0.39 is 37.5 Å². The molecule has 1 rings (SSSR count). The second kappa shape index (κ2) is 5.11. The second-order valence-electron chi connectivity index (χ2n) is 2.96. The lowest BCUT2D eigenvalue weighted by Crippen LogP contribution is -2.14. The standard InChI is InChI=1S/C9H9F4NO2/c10-7-6(5-15)1-3-14-8(7)16-4-2-9(11,12)13/h1,3,15H,2,4-5H2. The van der Waals surface area contributed by atoms with Crippen LogP contribution in [0.5, 0.6) is 5.88 Å². The number of ether oxygens (including phenoxy) is 1. The highest BCUT2D eigenvalue weighted by atomic mass is 19.4. The number of nitrogens with zero attached hydrogens (tertiary/aromatic N) is 1. The number of alkyl halides is 3. The monoisotopic (exact) mass is 239 g/mol.